The van der Waals surface area contributed by atoms with Crippen molar-refractivity contribution < 1.29 is 0 Å². The molecular weight excluding hydrogens is 132 g/mol. The third-order valence-electron chi connectivity index (χ3n) is 0.770. The summed E-state index contributed by atoms with van der Waals surface area (Å²) < 4.78 is 0. The molecule has 0 rings (SSSR count). The van der Waals surface area contributed by atoms with Crippen LogP contribution in [0.5, 0.6) is 0 Å². The molecule has 0 aliphatic heterocycles. The molecule has 0 unspecified atom stereocenters. The average Bonchev–Trinajstić information content (AvgIpc) is 1.83. The van der Waals surface area contributed by atoms with Gasteiger partial charge < -0.3 is 11.5 Å². The zero-order chi connectivity index (χ0) is 7.28. The molecule has 0 saturated carbocycles. The van der Waals surface area contributed by atoms with Gasteiger partial charge in [-0.15, -0.1) is 0 Å². The van der Waals surface area contributed by atoms with Crippen molar-refractivity contribution >= 4 is 11.8 Å². The Bertz CT molecular complexity index is 129. The Morgan fingerprint density at radius 2 is 2.22 bits per heavy atom. The maximum Gasteiger partial charge on any atom is 0.0625 e. The first-order valence-electron chi connectivity index (χ1n) is 2.72. The number of hydrogen-bond donors (Lipinski definition) is 2. The quantitative estimate of drug-likeness (QED) is 0.628. The predicted molar refractivity (Wildman–Crippen MR) is 43.5 cm³/mol. The smallest absolute Gasteiger partial charge is 0.0625 e. The maximum atomic E-state index is 5.46. The van der Waals surface area contributed by atoms with Crippen LogP contribution < -0.4 is 11.5 Å². The molecule has 0 aliphatic rings. The highest BCUT2D eigenvalue weighted by molar-refractivity contribution is 8.05. The van der Waals surface area contributed by atoms with E-state index in [4.69, 9.17) is 11.5 Å². The standard InChI is InChI=1S/C6H12N2S/c1-3-6(8)4-9-5(2)7/h4H,2-3,7-8H2,1H3/b6-4-. The van der Waals surface area contributed by atoms with Crippen molar-refractivity contribution in [2.45, 2.75) is 13.3 Å². The van der Waals surface area contributed by atoms with Crippen LogP contribution in [0.15, 0.2) is 22.7 Å². The third kappa shape index (κ3) is 5.30. The zero-order valence-corrected chi connectivity index (χ0v) is 6.37. The molecule has 0 aromatic rings. The minimum absolute atomic E-state index is 0.575. The van der Waals surface area contributed by atoms with Crippen LogP contribution >= 0.6 is 11.8 Å². The number of rotatable bonds is 3. The van der Waals surface area contributed by atoms with Crippen LogP contribution in [-0.4, -0.2) is 0 Å². The van der Waals surface area contributed by atoms with E-state index in [-0.39, 0.29) is 0 Å². The van der Waals surface area contributed by atoms with Crippen molar-refractivity contribution in [3.63, 3.8) is 0 Å². The van der Waals surface area contributed by atoms with E-state index >= 15 is 0 Å². The summed E-state index contributed by atoms with van der Waals surface area (Å²) >= 11 is 1.36. The Labute approximate surface area is 60.0 Å². The van der Waals surface area contributed by atoms with Crippen LogP contribution in [0.2, 0.25) is 0 Å². The molecule has 0 saturated heterocycles. The van der Waals surface area contributed by atoms with Crippen LogP contribution in [0.3, 0.4) is 0 Å². The van der Waals surface area contributed by atoms with E-state index in [1.54, 1.807) is 0 Å². The topological polar surface area (TPSA) is 52.0 Å². The van der Waals surface area contributed by atoms with Gasteiger partial charge in [0.2, 0.25) is 0 Å². The average molecular weight is 144 g/mol. The molecule has 0 amide bonds. The molecule has 0 bridgehead atoms. The Morgan fingerprint density at radius 1 is 1.67 bits per heavy atom. The second kappa shape index (κ2) is 4.32. The van der Waals surface area contributed by atoms with Gasteiger partial charge in [0.1, 0.15) is 0 Å². The SMILES string of the molecule is C=C(N)S/C=C(\N)CC. The van der Waals surface area contributed by atoms with Crippen LogP contribution in [0.1, 0.15) is 13.3 Å². The van der Waals surface area contributed by atoms with E-state index in [9.17, 15) is 0 Å². The zero-order valence-electron chi connectivity index (χ0n) is 5.55. The summed E-state index contributed by atoms with van der Waals surface area (Å²) in [6.07, 6.45) is 0.861. The third-order valence-corrected chi connectivity index (χ3v) is 1.49. The van der Waals surface area contributed by atoms with Gasteiger partial charge in [0.25, 0.3) is 0 Å². The van der Waals surface area contributed by atoms with Gasteiger partial charge in [-0.05, 0) is 11.8 Å². The Morgan fingerprint density at radius 3 is 2.56 bits per heavy atom. The first-order chi connectivity index (χ1) is 4.16. The van der Waals surface area contributed by atoms with Crippen molar-refractivity contribution in [3.05, 3.63) is 22.7 Å². The van der Waals surface area contributed by atoms with Crippen molar-refractivity contribution in [1.29, 1.82) is 0 Å². The molecule has 3 heteroatoms. The summed E-state index contributed by atoms with van der Waals surface area (Å²) in [6.45, 7) is 5.49. The predicted octanol–water partition coefficient (Wildman–Crippen LogP) is 1.36. The van der Waals surface area contributed by atoms with Crippen LogP contribution in [0.25, 0.3) is 0 Å². The highest BCUT2D eigenvalue weighted by Gasteiger charge is 1.84. The largest absolute Gasteiger partial charge is 0.402 e. The summed E-state index contributed by atoms with van der Waals surface area (Å²) in [5, 5.41) is 2.38. The Balaban J connectivity index is 3.56. The van der Waals surface area contributed by atoms with Gasteiger partial charge >= 0.3 is 0 Å². The van der Waals surface area contributed by atoms with Gasteiger partial charge in [-0.1, -0.05) is 25.3 Å². The maximum absolute atomic E-state index is 5.46. The fraction of sp³-hybridized carbons (Fsp3) is 0.333. The summed E-state index contributed by atoms with van der Waals surface area (Å²) in [4.78, 5) is 0. The molecule has 52 valence electrons. The van der Waals surface area contributed by atoms with Gasteiger partial charge in [0.15, 0.2) is 0 Å². The number of thioether (sulfide) groups is 1. The summed E-state index contributed by atoms with van der Waals surface area (Å²) in [6, 6.07) is 0. The first kappa shape index (κ1) is 8.43. The van der Waals surface area contributed by atoms with Crippen molar-refractivity contribution in [1.82, 2.24) is 0 Å². The van der Waals surface area contributed by atoms with Gasteiger partial charge in [-0.25, -0.2) is 0 Å². The molecule has 0 aromatic carbocycles. The molecule has 0 aromatic heterocycles. The summed E-state index contributed by atoms with van der Waals surface area (Å²) in [5.41, 5.74) is 11.6. The van der Waals surface area contributed by atoms with Crippen molar-refractivity contribution in [2.24, 2.45) is 11.5 Å². The molecule has 0 fully saturated rings. The van der Waals surface area contributed by atoms with E-state index in [1.165, 1.54) is 11.8 Å². The van der Waals surface area contributed by atoms with Crippen molar-refractivity contribution in [3.8, 4) is 0 Å². The summed E-state index contributed by atoms with van der Waals surface area (Å²) in [5.74, 6) is 0. The second-order valence-corrected chi connectivity index (χ2v) is 2.63. The van der Waals surface area contributed by atoms with Gasteiger partial charge in [-0.3, -0.25) is 0 Å². The first-order valence-corrected chi connectivity index (χ1v) is 3.60. The molecule has 0 spiro atoms. The monoisotopic (exact) mass is 144 g/mol. The molecule has 0 atom stereocenters. The lowest BCUT2D eigenvalue weighted by Gasteiger charge is -1.94. The van der Waals surface area contributed by atoms with Crippen LogP contribution in [0, 0.1) is 0 Å². The van der Waals surface area contributed by atoms with E-state index < -0.39 is 0 Å². The van der Waals surface area contributed by atoms with E-state index in [2.05, 4.69) is 6.58 Å². The molecule has 0 heterocycles. The molecular formula is C6H12N2S. The van der Waals surface area contributed by atoms with Gasteiger partial charge in [0, 0.05) is 5.70 Å². The molecule has 9 heavy (non-hydrogen) atoms. The van der Waals surface area contributed by atoms with Crippen LogP contribution in [-0.2, 0) is 0 Å². The minimum atomic E-state index is 0.575. The summed E-state index contributed by atoms with van der Waals surface area (Å²) in [7, 11) is 0. The minimum Gasteiger partial charge on any atom is -0.402 e. The molecule has 0 aliphatic carbocycles. The Hall–Kier alpha value is -0.570. The molecule has 2 nitrogen and oxygen atoms in total. The Kier molecular flexibility index (Phi) is 4.05. The molecule has 0 radical (unpaired) electrons. The van der Waals surface area contributed by atoms with E-state index in [1.807, 2.05) is 12.3 Å². The van der Waals surface area contributed by atoms with Crippen molar-refractivity contribution in [2.75, 3.05) is 0 Å². The normalized spacial score (nSPS) is 11.4. The second-order valence-electron chi connectivity index (χ2n) is 1.63. The number of allylic oxidation sites excluding steroid dienone is 1. The number of nitrogens with two attached hydrogens (primary N) is 2. The highest BCUT2D eigenvalue weighted by Crippen LogP contribution is 2.10. The highest BCUT2D eigenvalue weighted by atomic mass is 32.2. The fourth-order valence-electron chi connectivity index (χ4n) is 0.235. The fourth-order valence-corrected chi connectivity index (χ4v) is 0.704. The lowest BCUT2D eigenvalue weighted by Crippen LogP contribution is -1.94. The van der Waals surface area contributed by atoms with Crippen LogP contribution in [0.4, 0.5) is 0 Å². The molecule has 4 N–H and O–H groups in total. The lowest BCUT2D eigenvalue weighted by atomic mass is 10.4. The van der Waals surface area contributed by atoms with Gasteiger partial charge in [-0.2, -0.15) is 0 Å². The van der Waals surface area contributed by atoms with E-state index in [0.717, 1.165) is 12.1 Å². The number of hydrogen-bond acceptors (Lipinski definition) is 3. The lowest BCUT2D eigenvalue weighted by molar-refractivity contribution is 1.08. The van der Waals surface area contributed by atoms with Gasteiger partial charge in [0.05, 0.1) is 5.03 Å². The van der Waals surface area contributed by atoms with E-state index in [0.29, 0.717) is 5.03 Å².